The first-order valence-corrected chi connectivity index (χ1v) is 5.74. The third-order valence-corrected chi connectivity index (χ3v) is 2.45. The van der Waals surface area contributed by atoms with Gasteiger partial charge in [0.15, 0.2) is 5.84 Å². The maximum atomic E-state index is 11.9. The van der Waals surface area contributed by atoms with Crippen LogP contribution in [0.4, 0.5) is 0 Å². The van der Waals surface area contributed by atoms with E-state index in [-0.39, 0.29) is 18.3 Å². The van der Waals surface area contributed by atoms with E-state index >= 15 is 0 Å². The van der Waals surface area contributed by atoms with Gasteiger partial charge in [0.05, 0.1) is 18.7 Å². The highest BCUT2D eigenvalue weighted by atomic mass is 16.4. The number of aryl methyl sites for hydroxylation is 1. The van der Waals surface area contributed by atoms with Gasteiger partial charge in [-0.15, -0.1) is 0 Å². The number of carbonyl (C=O) groups is 1. The molecule has 1 amide bonds. The fourth-order valence-corrected chi connectivity index (χ4v) is 1.54. The van der Waals surface area contributed by atoms with Gasteiger partial charge in [-0.2, -0.15) is 0 Å². The minimum Gasteiger partial charge on any atom is -0.444 e. The van der Waals surface area contributed by atoms with Crippen LogP contribution < -0.4 is 11.1 Å². The van der Waals surface area contributed by atoms with Gasteiger partial charge in [0.25, 0.3) is 0 Å². The van der Waals surface area contributed by atoms with Crippen LogP contribution in [0.25, 0.3) is 0 Å². The number of oxazole rings is 1. The van der Waals surface area contributed by atoms with E-state index in [1.807, 2.05) is 6.92 Å². The third kappa shape index (κ3) is 3.76. The maximum absolute atomic E-state index is 11.9. The lowest BCUT2D eigenvalue weighted by Crippen LogP contribution is -2.38. The molecule has 4 N–H and O–H groups in total. The lowest BCUT2D eigenvalue weighted by atomic mass is 10.0. The molecule has 1 heterocycles. The van der Waals surface area contributed by atoms with Crippen LogP contribution in [0.3, 0.4) is 0 Å². The molecule has 0 aromatic carbocycles. The molecular formula is C11H18N4O3. The molecular weight excluding hydrogens is 236 g/mol. The zero-order chi connectivity index (χ0) is 13.5. The Kier molecular flexibility index (Phi) is 5.16. The summed E-state index contributed by atoms with van der Waals surface area (Å²) in [6, 6.07) is 0. The number of amides is 1. The first kappa shape index (κ1) is 14.0. The molecule has 0 saturated heterocycles. The summed E-state index contributed by atoms with van der Waals surface area (Å²) in [5.74, 6) is 0.0911. The molecule has 0 aliphatic rings. The Morgan fingerprint density at radius 1 is 1.72 bits per heavy atom. The molecule has 100 valence electrons. The van der Waals surface area contributed by atoms with Crippen LogP contribution in [-0.4, -0.2) is 21.9 Å². The Hall–Kier alpha value is -2.05. The van der Waals surface area contributed by atoms with E-state index in [2.05, 4.69) is 15.5 Å². The van der Waals surface area contributed by atoms with Crippen molar-refractivity contribution in [3.05, 3.63) is 17.8 Å². The number of carbonyl (C=O) groups excluding carboxylic acids is 1. The van der Waals surface area contributed by atoms with E-state index in [4.69, 9.17) is 15.4 Å². The summed E-state index contributed by atoms with van der Waals surface area (Å²) in [6.45, 7) is 3.88. The number of nitrogens with zero attached hydrogens (tertiary/aromatic N) is 2. The average Bonchev–Trinajstić information content (AvgIpc) is 2.78. The second-order valence-electron chi connectivity index (χ2n) is 3.95. The van der Waals surface area contributed by atoms with Crippen molar-refractivity contribution in [3.8, 4) is 0 Å². The molecule has 0 aliphatic heterocycles. The average molecular weight is 254 g/mol. The summed E-state index contributed by atoms with van der Waals surface area (Å²) in [4.78, 5) is 15.8. The van der Waals surface area contributed by atoms with Crippen molar-refractivity contribution in [2.45, 2.75) is 33.2 Å². The molecule has 1 aromatic rings. The fourth-order valence-electron chi connectivity index (χ4n) is 1.54. The topological polar surface area (TPSA) is 114 Å². The largest absolute Gasteiger partial charge is 0.444 e. The highest BCUT2D eigenvalue weighted by molar-refractivity contribution is 6.01. The standard InChI is InChI=1S/C11H18N4O3/c1-3-4-8(10(12)15-17)11(16)14-6-9-13-5-7(2)18-9/h5,8,17H,3-4,6H2,1-2H3,(H2,12,15)(H,14,16). The molecule has 1 rings (SSSR count). The van der Waals surface area contributed by atoms with Crippen molar-refractivity contribution in [3.63, 3.8) is 0 Å². The molecule has 7 nitrogen and oxygen atoms in total. The molecule has 7 heteroatoms. The molecule has 0 fully saturated rings. The molecule has 0 radical (unpaired) electrons. The van der Waals surface area contributed by atoms with Gasteiger partial charge in [0, 0.05) is 0 Å². The molecule has 1 aromatic heterocycles. The first-order chi connectivity index (χ1) is 8.58. The van der Waals surface area contributed by atoms with E-state index in [1.165, 1.54) is 0 Å². The number of rotatable bonds is 6. The lowest BCUT2D eigenvalue weighted by Gasteiger charge is -2.13. The summed E-state index contributed by atoms with van der Waals surface area (Å²) in [5.41, 5.74) is 5.48. The summed E-state index contributed by atoms with van der Waals surface area (Å²) in [5, 5.41) is 14.1. The van der Waals surface area contributed by atoms with Gasteiger partial charge in [0.1, 0.15) is 5.76 Å². The van der Waals surface area contributed by atoms with Crippen LogP contribution in [0.15, 0.2) is 15.8 Å². The Morgan fingerprint density at radius 3 is 2.94 bits per heavy atom. The Labute approximate surface area is 105 Å². The fraction of sp³-hybridized carbons (Fsp3) is 0.545. The number of nitrogens with two attached hydrogens (primary N) is 1. The van der Waals surface area contributed by atoms with Crippen LogP contribution in [0.1, 0.15) is 31.4 Å². The SMILES string of the molecule is CCCC(C(=O)NCc1ncc(C)o1)/C(N)=N/O. The lowest BCUT2D eigenvalue weighted by molar-refractivity contribution is -0.123. The van der Waals surface area contributed by atoms with Crippen LogP contribution in [-0.2, 0) is 11.3 Å². The van der Waals surface area contributed by atoms with Gasteiger partial charge in [-0.3, -0.25) is 4.79 Å². The predicted octanol–water partition coefficient (Wildman–Crippen LogP) is 0.762. The van der Waals surface area contributed by atoms with E-state index in [9.17, 15) is 4.79 Å². The Balaban J connectivity index is 2.56. The van der Waals surface area contributed by atoms with Crippen molar-refractivity contribution in [1.82, 2.24) is 10.3 Å². The van der Waals surface area contributed by atoms with Gasteiger partial charge >= 0.3 is 0 Å². The highest BCUT2D eigenvalue weighted by Crippen LogP contribution is 2.08. The van der Waals surface area contributed by atoms with Gasteiger partial charge in [-0.25, -0.2) is 4.98 Å². The predicted molar refractivity (Wildman–Crippen MR) is 64.9 cm³/mol. The van der Waals surface area contributed by atoms with Crippen LogP contribution in [0.5, 0.6) is 0 Å². The summed E-state index contributed by atoms with van der Waals surface area (Å²) >= 11 is 0. The molecule has 0 spiro atoms. The molecule has 0 saturated carbocycles. The van der Waals surface area contributed by atoms with Gasteiger partial charge in [0.2, 0.25) is 11.8 Å². The normalized spacial score (nSPS) is 13.3. The minimum atomic E-state index is -0.629. The molecule has 0 aliphatic carbocycles. The van der Waals surface area contributed by atoms with E-state index < -0.39 is 5.92 Å². The number of oxime groups is 1. The van der Waals surface area contributed by atoms with Gasteiger partial charge in [-0.05, 0) is 13.3 Å². The molecule has 0 bridgehead atoms. The van der Waals surface area contributed by atoms with Crippen LogP contribution >= 0.6 is 0 Å². The van der Waals surface area contributed by atoms with Gasteiger partial charge in [-0.1, -0.05) is 18.5 Å². The molecule has 1 atom stereocenters. The number of hydrogen-bond donors (Lipinski definition) is 3. The third-order valence-electron chi connectivity index (χ3n) is 2.45. The first-order valence-electron chi connectivity index (χ1n) is 5.74. The highest BCUT2D eigenvalue weighted by Gasteiger charge is 2.22. The zero-order valence-electron chi connectivity index (χ0n) is 10.5. The second-order valence-corrected chi connectivity index (χ2v) is 3.95. The smallest absolute Gasteiger partial charge is 0.231 e. The number of amidine groups is 1. The zero-order valence-corrected chi connectivity index (χ0v) is 10.5. The van der Waals surface area contributed by atoms with E-state index in [0.717, 1.165) is 6.42 Å². The molecule has 18 heavy (non-hydrogen) atoms. The molecule has 1 unspecified atom stereocenters. The van der Waals surface area contributed by atoms with Crippen molar-refractivity contribution >= 4 is 11.7 Å². The van der Waals surface area contributed by atoms with Crippen LogP contribution in [0, 0.1) is 12.8 Å². The van der Waals surface area contributed by atoms with Gasteiger partial charge < -0.3 is 20.7 Å². The number of nitrogens with one attached hydrogen (secondary N) is 1. The quantitative estimate of drug-likeness (QED) is 0.300. The number of hydrogen-bond acceptors (Lipinski definition) is 5. The monoisotopic (exact) mass is 254 g/mol. The Bertz CT molecular complexity index is 428. The van der Waals surface area contributed by atoms with E-state index in [0.29, 0.717) is 18.1 Å². The Morgan fingerprint density at radius 2 is 2.44 bits per heavy atom. The summed E-state index contributed by atoms with van der Waals surface area (Å²) in [6.07, 6.45) is 2.85. The van der Waals surface area contributed by atoms with Crippen molar-refractivity contribution < 1.29 is 14.4 Å². The van der Waals surface area contributed by atoms with Crippen molar-refractivity contribution in [2.75, 3.05) is 0 Å². The summed E-state index contributed by atoms with van der Waals surface area (Å²) in [7, 11) is 0. The number of aromatic nitrogens is 1. The van der Waals surface area contributed by atoms with Crippen LogP contribution in [0.2, 0.25) is 0 Å². The van der Waals surface area contributed by atoms with Crippen molar-refractivity contribution in [2.24, 2.45) is 16.8 Å². The van der Waals surface area contributed by atoms with Crippen molar-refractivity contribution in [1.29, 1.82) is 0 Å². The minimum absolute atomic E-state index is 0.0852. The maximum Gasteiger partial charge on any atom is 0.231 e. The summed E-state index contributed by atoms with van der Waals surface area (Å²) < 4.78 is 5.22. The van der Waals surface area contributed by atoms with E-state index in [1.54, 1.807) is 13.1 Å². The second kappa shape index (κ2) is 6.63.